The number of nitrogens with one attached hydrogen (secondary N) is 1. The Morgan fingerprint density at radius 2 is 1.64 bits per heavy atom. The Bertz CT molecular complexity index is 3150. The molecule has 408 valence electrons. The lowest BCUT2D eigenvalue weighted by molar-refractivity contribution is -0.136. The molecular weight excluding hydrogens is 992 g/mol. The number of carbonyl (C=O) groups is 3. The number of fused-ring (bicyclic) bond motifs is 3. The van der Waals surface area contributed by atoms with E-state index < -0.39 is 34.9 Å². The summed E-state index contributed by atoms with van der Waals surface area (Å²) in [5, 5.41) is 15.1. The number of piperidine rings is 3. The van der Waals surface area contributed by atoms with E-state index in [4.69, 9.17) is 24.2 Å². The lowest BCUT2D eigenvalue weighted by atomic mass is 9.55. The van der Waals surface area contributed by atoms with Gasteiger partial charge in [0.2, 0.25) is 11.8 Å². The van der Waals surface area contributed by atoms with Crippen molar-refractivity contribution in [3.63, 3.8) is 0 Å². The number of nitrogens with zero attached hydrogens (tertiary/aromatic N) is 8. The van der Waals surface area contributed by atoms with Crippen molar-refractivity contribution in [3.8, 4) is 23.0 Å². The van der Waals surface area contributed by atoms with Gasteiger partial charge in [-0.2, -0.15) is 9.97 Å². The molecule has 19 heteroatoms. The van der Waals surface area contributed by atoms with Crippen LogP contribution in [0.15, 0.2) is 48.7 Å². The number of methoxy groups -OCH3 is 1. The van der Waals surface area contributed by atoms with Crippen molar-refractivity contribution < 1.29 is 46.9 Å². The second-order valence-corrected chi connectivity index (χ2v) is 23.6. The lowest BCUT2D eigenvalue weighted by Crippen LogP contribution is -2.60. The summed E-state index contributed by atoms with van der Waals surface area (Å²) in [7, 11) is 1.51. The molecule has 0 bridgehead atoms. The van der Waals surface area contributed by atoms with Gasteiger partial charge < -0.3 is 38.9 Å². The van der Waals surface area contributed by atoms with Crippen molar-refractivity contribution in [2.24, 2.45) is 10.8 Å². The van der Waals surface area contributed by atoms with Gasteiger partial charge in [-0.3, -0.25) is 29.6 Å². The van der Waals surface area contributed by atoms with E-state index in [0.717, 1.165) is 82.7 Å². The molecule has 3 aromatic carbocycles. The molecule has 7 heterocycles. The zero-order valence-electron chi connectivity index (χ0n) is 44.3. The third-order valence-electron chi connectivity index (χ3n) is 17.8. The third-order valence-corrected chi connectivity index (χ3v) is 17.8. The fraction of sp³-hybridized carbons (Fsp3) is 0.552. The maximum atomic E-state index is 17.4. The molecule has 2 N–H and O–H groups in total. The predicted molar refractivity (Wildman–Crippen MR) is 284 cm³/mol. The van der Waals surface area contributed by atoms with Crippen LogP contribution in [-0.2, 0) is 27.3 Å². The minimum Gasteiger partial charge on any atom is -0.468 e. The molecule has 4 saturated heterocycles. The molecule has 7 aliphatic rings. The molecule has 0 unspecified atom stereocenters. The quantitative estimate of drug-likeness (QED) is 0.0790. The molecule has 16 nitrogen and oxygen atoms in total. The molecular formula is C58H68F3N9O7. The standard InChI is InChI=1S/C58H68F3N9O7/c1-4-40-44(59)9-6-36-25-39(77-35-75-3)26-42(47(36)40)49-48(60)50-43(27-62-49)51(69-17-5-12-55(2,74)31-69)65-54(64-50)76-34-57(13-14-57)32-66-18-15-56(16-19-66)29-58(61,30-56)33-67-20-22-68(23-21-67)38-7-8-41-37(24-38)28-70(53(41)73)45-10-11-46(71)63-52(45)72/h6-9,24-27,45,74H,4-5,10-23,28-35H2,1-3H3,(H,63,71,72)/t45-,55+/m0/s1. The monoisotopic (exact) mass is 1060 g/mol. The third kappa shape index (κ3) is 10.1. The largest absolute Gasteiger partial charge is 0.468 e. The second-order valence-electron chi connectivity index (χ2n) is 23.6. The van der Waals surface area contributed by atoms with Crippen LogP contribution in [0.4, 0.5) is 24.7 Å². The van der Waals surface area contributed by atoms with Gasteiger partial charge in [0.05, 0.1) is 17.6 Å². The Morgan fingerprint density at radius 1 is 0.857 bits per heavy atom. The normalized spacial score (nSPS) is 24.1. The maximum absolute atomic E-state index is 17.4. The summed E-state index contributed by atoms with van der Waals surface area (Å²) < 4.78 is 66.9. The van der Waals surface area contributed by atoms with Gasteiger partial charge in [-0.1, -0.05) is 13.0 Å². The van der Waals surface area contributed by atoms with E-state index in [-0.39, 0.29) is 59.6 Å². The predicted octanol–water partition coefficient (Wildman–Crippen LogP) is 7.35. The highest BCUT2D eigenvalue weighted by molar-refractivity contribution is 6.06. The summed E-state index contributed by atoms with van der Waals surface area (Å²) in [5.41, 5.74) is 0.969. The molecule has 2 aliphatic carbocycles. The highest BCUT2D eigenvalue weighted by atomic mass is 19.1. The number of pyridine rings is 1. The van der Waals surface area contributed by atoms with Crippen LogP contribution in [-0.4, -0.2) is 156 Å². The molecule has 0 radical (unpaired) electrons. The van der Waals surface area contributed by atoms with Crippen molar-refractivity contribution in [1.29, 1.82) is 0 Å². The number of aromatic nitrogens is 3. The molecule has 1 spiro atoms. The van der Waals surface area contributed by atoms with Crippen LogP contribution in [0.3, 0.4) is 0 Å². The summed E-state index contributed by atoms with van der Waals surface area (Å²) >= 11 is 0. The van der Waals surface area contributed by atoms with Gasteiger partial charge in [0.15, 0.2) is 12.6 Å². The van der Waals surface area contributed by atoms with Gasteiger partial charge in [-0.25, -0.2) is 13.2 Å². The number of imide groups is 1. The molecule has 2 aromatic heterocycles. The Hall–Kier alpha value is -6.15. The molecule has 2 saturated carbocycles. The number of halogens is 3. The van der Waals surface area contributed by atoms with E-state index in [1.807, 2.05) is 30.0 Å². The average Bonchev–Trinajstić information content (AvgIpc) is 4.21. The summed E-state index contributed by atoms with van der Waals surface area (Å²) in [4.78, 5) is 62.4. The number of ether oxygens (including phenoxy) is 3. The molecule has 12 rings (SSSR count). The number of piperazine rings is 1. The SMILES string of the molecule is CCc1c(F)ccc2cc(OCOC)cc(-c3ncc4c(N5CCC[C@@](C)(O)C5)nc(OCC5(CN6CCC7(CC6)CC(F)(CN6CCN(c8ccc9c(c8)CN([C@H]8CCC(=O)NC8=O)C9=O)CC6)C7)CC5)nc4c3F)c12. The van der Waals surface area contributed by atoms with Crippen LogP contribution in [0.5, 0.6) is 11.8 Å². The molecule has 77 heavy (non-hydrogen) atoms. The first-order valence-corrected chi connectivity index (χ1v) is 27.5. The molecule has 6 fully saturated rings. The first-order chi connectivity index (χ1) is 37.0. The first-order valence-electron chi connectivity index (χ1n) is 27.5. The van der Waals surface area contributed by atoms with Crippen molar-refractivity contribution in [3.05, 3.63) is 77.0 Å². The summed E-state index contributed by atoms with van der Waals surface area (Å²) in [6.45, 7) is 11.2. The molecule has 3 amide bonds. The summed E-state index contributed by atoms with van der Waals surface area (Å²) in [5.74, 6) is -1.16. The van der Waals surface area contributed by atoms with E-state index in [2.05, 4.69) is 25.0 Å². The van der Waals surface area contributed by atoms with Gasteiger partial charge in [-0.15, -0.1) is 0 Å². The minimum absolute atomic E-state index is 0.00684. The number of amides is 3. The number of alkyl halides is 1. The number of hydrogen-bond acceptors (Lipinski definition) is 14. The highest BCUT2D eigenvalue weighted by Gasteiger charge is 2.57. The van der Waals surface area contributed by atoms with Crippen LogP contribution in [0.2, 0.25) is 0 Å². The highest BCUT2D eigenvalue weighted by Crippen LogP contribution is 2.58. The fourth-order valence-corrected chi connectivity index (χ4v) is 13.6. The number of benzene rings is 3. The molecule has 5 aromatic rings. The Labute approximate surface area is 446 Å². The number of carbonyl (C=O) groups excluding carboxylic acids is 3. The van der Waals surface area contributed by atoms with Crippen LogP contribution >= 0.6 is 0 Å². The fourth-order valence-electron chi connectivity index (χ4n) is 13.6. The van der Waals surface area contributed by atoms with Crippen molar-refractivity contribution in [2.75, 3.05) is 95.8 Å². The van der Waals surface area contributed by atoms with E-state index in [9.17, 15) is 19.5 Å². The summed E-state index contributed by atoms with van der Waals surface area (Å²) in [6, 6.07) is 11.7. The van der Waals surface area contributed by atoms with Gasteiger partial charge in [0, 0.05) is 101 Å². The number of rotatable bonds is 15. The topological polar surface area (TPSA) is 166 Å². The van der Waals surface area contributed by atoms with E-state index in [1.165, 1.54) is 13.2 Å². The van der Waals surface area contributed by atoms with Crippen LogP contribution in [0.25, 0.3) is 32.9 Å². The average molecular weight is 1060 g/mol. The molecule has 5 aliphatic heterocycles. The van der Waals surface area contributed by atoms with E-state index in [1.54, 1.807) is 36.2 Å². The van der Waals surface area contributed by atoms with Gasteiger partial charge in [0.1, 0.15) is 40.3 Å². The van der Waals surface area contributed by atoms with Crippen molar-refractivity contribution >= 4 is 50.9 Å². The number of aryl methyl sites for hydroxylation is 1. The molecule has 2 atom stereocenters. The zero-order chi connectivity index (χ0) is 53.4. The van der Waals surface area contributed by atoms with Crippen LogP contribution in [0, 0.1) is 22.5 Å². The number of aliphatic hydroxyl groups is 1. The smallest absolute Gasteiger partial charge is 0.319 e. The Kier molecular flexibility index (Phi) is 13.4. The lowest BCUT2D eigenvalue weighted by Gasteiger charge is -2.57. The Balaban J connectivity index is 0.679. The van der Waals surface area contributed by atoms with Crippen molar-refractivity contribution in [2.45, 2.75) is 108 Å². The van der Waals surface area contributed by atoms with Gasteiger partial charge in [0.25, 0.3) is 5.91 Å². The van der Waals surface area contributed by atoms with Crippen LogP contribution in [0.1, 0.15) is 99.5 Å². The number of likely N-dealkylation sites (tertiary alicyclic amines) is 1. The first kappa shape index (κ1) is 51.6. The number of β-amino-alcohol motifs (C(OH)–C–C–N with tert-alkyl or cyclic N) is 1. The van der Waals surface area contributed by atoms with Gasteiger partial charge >= 0.3 is 6.01 Å². The van der Waals surface area contributed by atoms with E-state index >= 15 is 13.2 Å². The number of hydrogen-bond donors (Lipinski definition) is 2. The van der Waals surface area contributed by atoms with Crippen LogP contribution < -0.4 is 24.6 Å². The van der Waals surface area contributed by atoms with Gasteiger partial charge in [-0.05, 0) is 148 Å². The van der Waals surface area contributed by atoms with E-state index in [0.29, 0.717) is 109 Å². The number of anilines is 2. The van der Waals surface area contributed by atoms with Crippen molar-refractivity contribution in [1.82, 2.24) is 35.0 Å². The maximum Gasteiger partial charge on any atom is 0.319 e. The summed E-state index contributed by atoms with van der Waals surface area (Å²) in [6.07, 6.45) is 8.77. The second kappa shape index (κ2) is 19.9. The minimum atomic E-state index is -1.21. The zero-order valence-corrected chi connectivity index (χ0v) is 44.3. The Morgan fingerprint density at radius 3 is 2.36 bits per heavy atom.